The lowest BCUT2D eigenvalue weighted by Crippen LogP contribution is -2.58. The summed E-state index contributed by atoms with van der Waals surface area (Å²) in [4.78, 5) is 27.0. The van der Waals surface area contributed by atoms with Crippen molar-refractivity contribution in [2.24, 2.45) is 13.0 Å². The molecular weight excluding hydrogens is 318 g/mol. The molecule has 1 aliphatic heterocycles. The Morgan fingerprint density at radius 3 is 2.84 bits per heavy atom. The quantitative estimate of drug-likeness (QED) is 0.877. The zero-order valence-corrected chi connectivity index (χ0v) is 15.3. The summed E-state index contributed by atoms with van der Waals surface area (Å²) in [7, 11) is 1.84. The molecule has 3 rings (SSSR count). The Kier molecular flexibility index (Phi) is 5.60. The fraction of sp³-hybridized carbons (Fsp3) is 0.722. The van der Waals surface area contributed by atoms with Gasteiger partial charge in [0.2, 0.25) is 5.91 Å². The molecule has 138 valence electrons. The number of piperazine rings is 1. The number of nitrogens with one attached hydrogen (secondary N) is 2. The van der Waals surface area contributed by atoms with Crippen molar-refractivity contribution >= 4 is 17.6 Å². The Bertz CT molecular complexity index is 621. The second kappa shape index (κ2) is 7.89. The molecule has 2 heterocycles. The molecule has 0 bridgehead atoms. The molecule has 0 radical (unpaired) electrons. The van der Waals surface area contributed by atoms with E-state index >= 15 is 0 Å². The number of nitrogens with zero attached hydrogens (tertiary/aromatic N) is 3. The van der Waals surface area contributed by atoms with E-state index in [0.29, 0.717) is 19.0 Å². The van der Waals surface area contributed by atoms with Crippen LogP contribution in [0.25, 0.3) is 0 Å². The smallest absolute Gasteiger partial charge is 0.322 e. The van der Waals surface area contributed by atoms with Gasteiger partial charge >= 0.3 is 6.03 Å². The second-order valence-corrected chi connectivity index (χ2v) is 7.19. The van der Waals surface area contributed by atoms with Gasteiger partial charge in [-0.25, -0.2) is 4.79 Å². The summed E-state index contributed by atoms with van der Waals surface area (Å²) in [6, 6.07) is -0.558. The van der Waals surface area contributed by atoms with Gasteiger partial charge in [0.05, 0.1) is 11.4 Å². The Morgan fingerprint density at radius 1 is 1.36 bits per heavy atom. The van der Waals surface area contributed by atoms with Crippen LogP contribution in [0.3, 0.4) is 0 Å². The number of carbonyl (C=O) groups is 2. The van der Waals surface area contributed by atoms with E-state index in [1.54, 1.807) is 9.58 Å². The van der Waals surface area contributed by atoms with Gasteiger partial charge in [0, 0.05) is 26.3 Å². The van der Waals surface area contributed by atoms with Crippen LogP contribution in [-0.4, -0.2) is 45.8 Å². The lowest BCUT2D eigenvalue weighted by atomic mass is 9.84. The molecule has 1 saturated carbocycles. The van der Waals surface area contributed by atoms with E-state index in [1.165, 1.54) is 32.1 Å². The maximum atomic E-state index is 12.8. The molecule has 2 fully saturated rings. The van der Waals surface area contributed by atoms with Crippen LogP contribution in [0.2, 0.25) is 0 Å². The fourth-order valence-electron chi connectivity index (χ4n) is 4.02. The lowest BCUT2D eigenvalue weighted by molar-refractivity contribution is -0.128. The van der Waals surface area contributed by atoms with Crippen molar-refractivity contribution in [3.63, 3.8) is 0 Å². The first-order chi connectivity index (χ1) is 12.1. The normalized spacial score (nSPS) is 21.9. The van der Waals surface area contributed by atoms with Gasteiger partial charge in [0.25, 0.3) is 0 Å². The highest BCUT2D eigenvalue weighted by Crippen LogP contribution is 2.29. The molecule has 3 amide bonds. The van der Waals surface area contributed by atoms with Crippen molar-refractivity contribution in [3.05, 3.63) is 11.9 Å². The predicted octanol–water partition coefficient (Wildman–Crippen LogP) is 2.29. The van der Waals surface area contributed by atoms with E-state index in [9.17, 15) is 9.59 Å². The third kappa shape index (κ3) is 4.14. The molecule has 2 N–H and O–H groups in total. The standard InChI is InChI=1S/C18H29N5O2/c1-3-14-15(12-22(2)21-14)20-18(25)23-10-9-19-17(24)16(23)11-13-7-5-4-6-8-13/h12-13,16H,3-11H2,1-2H3,(H,19,24)(H,20,25)/t16-/m1/s1. The highest BCUT2D eigenvalue weighted by molar-refractivity contribution is 5.94. The zero-order valence-electron chi connectivity index (χ0n) is 15.3. The SMILES string of the molecule is CCc1nn(C)cc1NC(=O)N1CCNC(=O)[C@H]1CC1CCCCC1. The Hall–Kier alpha value is -2.05. The minimum Gasteiger partial charge on any atom is -0.353 e. The summed E-state index contributed by atoms with van der Waals surface area (Å²) in [5, 5.41) is 10.2. The van der Waals surface area contributed by atoms with Gasteiger partial charge in [-0.1, -0.05) is 39.0 Å². The molecule has 1 aliphatic carbocycles. The molecule has 7 nitrogen and oxygen atoms in total. The topological polar surface area (TPSA) is 79.3 Å². The van der Waals surface area contributed by atoms with Crippen LogP contribution in [0.15, 0.2) is 6.20 Å². The number of aromatic nitrogens is 2. The van der Waals surface area contributed by atoms with Crippen LogP contribution in [-0.2, 0) is 18.3 Å². The largest absolute Gasteiger partial charge is 0.353 e. The van der Waals surface area contributed by atoms with E-state index in [-0.39, 0.29) is 18.0 Å². The summed E-state index contributed by atoms with van der Waals surface area (Å²) in [5.74, 6) is 0.524. The number of carbonyl (C=O) groups excluding carboxylic acids is 2. The fourth-order valence-corrected chi connectivity index (χ4v) is 4.02. The third-order valence-electron chi connectivity index (χ3n) is 5.35. The van der Waals surface area contributed by atoms with Crippen LogP contribution >= 0.6 is 0 Å². The average Bonchev–Trinajstić information content (AvgIpc) is 2.97. The van der Waals surface area contributed by atoms with Crippen molar-refractivity contribution in [2.45, 2.75) is 57.9 Å². The number of amides is 3. The highest BCUT2D eigenvalue weighted by Gasteiger charge is 2.35. The van der Waals surface area contributed by atoms with Gasteiger partial charge in [0.1, 0.15) is 6.04 Å². The molecule has 1 aromatic heterocycles. The van der Waals surface area contributed by atoms with Crippen molar-refractivity contribution in [3.8, 4) is 0 Å². The third-order valence-corrected chi connectivity index (χ3v) is 5.35. The van der Waals surface area contributed by atoms with Gasteiger partial charge in [-0.3, -0.25) is 9.48 Å². The van der Waals surface area contributed by atoms with E-state index in [0.717, 1.165) is 24.2 Å². The van der Waals surface area contributed by atoms with Gasteiger partial charge < -0.3 is 15.5 Å². The summed E-state index contributed by atoms with van der Waals surface area (Å²) < 4.78 is 1.71. The minimum atomic E-state index is -0.362. The van der Waals surface area contributed by atoms with Crippen LogP contribution in [0, 0.1) is 5.92 Å². The molecular formula is C18H29N5O2. The maximum absolute atomic E-state index is 12.8. The van der Waals surface area contributed by atoms with E-state index < -0.39 is 0 Å². The van der Waals surface area contributed by atoms with Gasteiger partial charge in [-0.05, 0) is 18.8 Å². The van der Waals surface area contributed by atoms with Crippen LogP contribution < -0.4 is 10.6 Å². The average molecular weight is 347 g/mol. The molecule has 0 spiro atoms. The van der Waals surface area contributed by atoms with Crippen molar-refractivity contribution in [1.82, 2.24) is 20.0 Å². The van der Waals surface area contributed by atoms with Gasteiger partial charge in [-0.2, -0.15) is 5.10 Å². The van der Waals surface area contributed by atoms with E-state index in [2.05, 4.69) is 15.7 Å². The minimum absolute atomic E-state index is 0.0196. The summed E-state index contributed by atoms with van der Waals surface area (Å²) in [6.45, 7) is 3.08. The second-order valence-electron chi connectivity index (χ2n) is 7.19. The number of rotatable bonds is 4. The number of anilines is 1. The van der Waals surface area contributed by atoms with Gasteiger partial charge in [0.15, 0.2) is 0 Å². The van der Waals surface area contributed by atoms with E-state index in [4.69, 9.17) is 0 Å². The first-order valence-corrected chi connectivity index (χ1v) is 9.46. The molecule has 0 aromatic carbocycles. The maximum Gasteiger partial charge on any atom is 0.322 e. The van der Waals surface area contributed by atoms with Crippen LogP contribution in [0.5, 0.6) is 0 Å². The molecule has 1 aromatic rings. The Balaban J connectivity index is 1.70. The molecule has 25 heavy (non-hydrogen) atoms. The van der Waals surface area contributed by atoms with Crippen LogP contribution in [0.4, 0.5) is 10.5 Å². The Labute approximate surface area is 149 Å². The molecule has 2 aliphatic rings. The van der Waals surface area contributed by atoms with Crippen molar-refractivity contribution in [2.75, 3.05) is 18.4 Å². The van der Waals surface area contributed by atoms with Crippen molar-refractivity contribution in [1.29, 1.82) is 0 Å². The first kappa shape index (κ1) is 17.8. The lowest BCUT2D eigenvalue weighted by Gasteiger charge is -2.37. The summed E-state index contributed by atoms with van der Waals surface area (Å²) >= 11 is 0. The molecule has 1 atom stereocenters. The predicted molar refractivity (Wildman–Crippen MR) is 96.3 cm³/mol. The molecule has 1 saturated heterocycles. The monoisotopic (exact) mass is 347 g/mol. The number of aryl methyl sites for hydroxylation is 2. The molecule has 7 heteroatoms. The Morgan fingerprint density at radius 2 is 2.12 bits per heavy atom. The number of hydrogen-bond acceptors (Lipinski definition) is 3. The van der Waals surface area contributed by atoms with Crippen molar-refractivity contribution < 1.29 is 9.59 Å². The van der Waals surface area contributed by atoms with Gasteiger partial charge in [-0.15, -0.1) is 0 Å². The molecule has 0 unspecified atom stereocenters. The number of hydrogen-bond donors (Lipinski definition) is 2. The first-order valence-electron chi connectivity index (χ1n) is 9.46. The summed E-state index contributed by atoms with van der Waals surface area (Å²) in [6.07, 6.45) is 9.44. The zero-order chi connectivity index (χ0) is 17.8. The van der Waals surface area contributed by atoms with Crippen LogP contribution in [0.1, 0.15) is 51.1 Å². The van der Waals surface area contributed by atoms with E-state index in [1.807, 2.05) is 20.2 Å². The number of urea groups is 1. The highest BCUT2D eigenvalue weighted by atomic mass is 16.2. The summed E-state index contributed by atoms with van der Waals surface area (Å²) in [5.41, 5.74) is 1.60.